The van der Waals surface area contributed by atoms with E-state index in [1.165, 1.54) is 31.4 Å². The average Bonchev–Trinajstić information content (AvgIpc) is 2.38. The number of methoxy groups -OCH3 is 1. The van der Waals surface area contributed by atoms with Crippen LogP contribution in [0.1, 0.15) is 15.9 Å². The fraction of sp³-hybridized carbons (Fsp3) is 0.417. The molecule has 0 unspecified atom stereocenters. The van der Waals surface area contributed by atoms with E-state index in [1.807, 2.05) is 0 Å². The second-order valence-electron chi connectivity index (χ2n) is 3.85. The van der Waals surface area contributed by atoms with Crippen LogP contribution >= 0.6 is 0 Å². The standard InChI is InChI=1S/C12H13F4NO2/c1-19-10(18)9-4-2-8(3-5-9)6-17-7-12(15,16)11(13)14/h2-5,11,17H,6-7H2,1H3. The number of hydrogen-bond donors (Lipinski definition) is 1. The zero-order valence-corrected chi connectivity index (χ0v) is 10.1. The van der Waals surface area contributed by atoms with Crippen molar-refractivity contribution in [2.45, 2.75) is 18.9 Å². The van der Waals surface area contributed by atoms with Crippen LogP contribution in [0.5, 0.6) is 0 Å². The minimum Gasteiger partial charge on any atom is -0.465 e. The smallest absolute Gasteiger partial charge is 0.337 e. The molecule has 0 spiro atoms. The van der Waals surface area contributed by atoms with Crippen LogP contribution in [0, 0.1) is 0 Å². The first-order valence-corrected chi connectivity index (χ1v) is 5.41. The highest BCUT2D eigenvalue weighted by Crippen LogP contribution is 2.21. The van der Waals surface area contributed by atoms with Gasteiger partial charge in [-0.25, -0.2) is 13.6 Å². The lowest BCUT2D eigenvalue weighted by Crippen LogP contribution is -2.38. The van der Waals surface area contributed by atoms with Crippen LogP contribution in [-0.4, -0.2) is 32.0 Å². The summed E-state index contributed by atoms with van der Waals surface area (Å²) in [6.45, 7) is -1.10. The Bertz CT molecular complexity index is 420. The minimum atomic E-state index is -4.05. The largest absolute Gasteiger partial charge is 0.465 e. The molecule has 0 aliphatic heterocycles. The van der Waals surface area contributed by atoms with Gasteiger partial charge in [0.15, 0.2) is 0 Å². The van der Waals surface area contributed by atoms with Crippen molar-refractivity contribution in [2.75, 3.05) is 13.7 Å². The molecule has 1 aromatic rings. The molecule has 0 radical (unpaired) electrons. The van der Waals surface area contributed by atoms with Gasteiger partial charge < -0.3 is 10.1 Å². The van der Waals surface area contributed by atoms with Gasteiger partial charge in [-0.05, 0) is 17.7 Å². The molecule has 0 aromatic heterocycles. The van der Waals surface area contributed by atoms with E-state index < -0.39 is 24.9 Å². The Morgan fingerprint density at radius 1 is 1.32 bits per heavy atom. The Hall–Kier alpha value is -1.63. The van der Waals surface area contributed by atoms with Gasteiger partial charge in [0, 0.05) is 6.54 Å². The Labute approximate surface area is 107 Å². The van der Waals surface area contributed by atoms with Crippen LogP contribution in [0.25, 0.3) is 0 Å². The van der Waals surface area contributed by atoms with E-state index >= 15 is 0 Å². The van der Waals surface area contributed by atoms with Crippen LogP contribution in [0.2, 0.25) is 0 Å². The average molecular weight is 279 g/mol. The monoisotopic (exact) mass is 279 g/mol. The third-order valence-electron chi connectivity index (χ3n) is 2.38. The minimum absolute atomic E-state index is 0.00373. The summed E-state index contributed by atoms with van der Waals surface area (Å²) in [4.78, 5) is 11.1. The summed E-state index contributed by atoms with van der Waals surface area (Å²) >= 11 is 0. The van der Waals surface area contributed by atoms with Crippen LogP contribution < -0.4 is 5.32 Å². The third-order valence-corrected chi connectivity index (χ3v) is 2.38. The van der Waals surface area contributed by atoms with Crippen molar-refractivity contribution in [1.29, 1.82) is 0 Å². The summed E-state index contributed by atoms with van der Waals surface area (Å²) in [7, 11) is 1.24. The molecular weight excluding hydrogens is 266 g/mol. The number of esters is 1. The normalized spacial score (nSPS) is 11.7. The number of alkyl halides is 4. The van der Waals surface area contributed by atoms with Gasteiger partial charge in [-0.15, -0.1) is 0 Å². The van der Waals surface area contributed by atoms with Gasteiger partial charge in [-0.2, -0.15) is 8.78 Å². The first-order chi connectivity index (χ1) is 8.86. The number of nitrogens with one attached hydrogen (secondary N) is 1. The van der Waals surface area contributed by atoms with Crippen LogP contribution in [-0.2, 0) is 11.3 Å². The highest BCUT2D eigenvalue weighted by Gasteiger charge is 2.39. The van der Waals surface area contributed by atoms with Gasteiger partial charge in [-0.3, -0.25) is 0 Å². The van der Waals surface area contributed by atoms with E-state index in [-0.39, 0.29) is 6.54 Å². The number of rotatable bonds is 6. The Balaban J connectivity index is 2.49. The highest BCUT2D eigenvalue weighted by atomic mass is 19.3. The van der Waals surface area contributed by atoms with E-state index in [9.17, 15) is 22.4 Å². The van der Waals surface area contributed by atoms with E-state index in [2.05, 4.69) is 10.1 Å². The number of hydrogen-bond acceptors (Lipinski definition) is 3. The topological polar surface area (TPSA) is 38.3 Å². The van der Waals surface area contributed by atoms with E-state index in [1.54, 1.807) is 0 Å². The molecule has 0 aliphatic rings. The van der Waals surface area contributed by atoms with E-state index in [0.29, 0.717) is 11.1 Å². The molecule has 0 heterocycles. The second kappa shape index (κ2) is 6.51. The predicted octanol–water partition coefficient (Wildman–Crippen LogP) is 2.46. The summed E-state index contributed by atoms with van der Waals surface area (Å²) in [6, 6.07) is 5.99. The maximum atomic E-state index is 12.6. The summed E-state index contributed by atoms with van der Waals surface area (Å²) in [5.41, 5.74) is 0.918. The van der Waals surface area contributed by atoms with E-state index in [4.69, 9.17) is 0 Å². The first kappa shape index (κ1) is 15.4. The molecule has 0 aliphatic carbocycles. The van der Waals surface area contributed by atoms with Crippen molar-refractivity contribution in [3.8, 4) is 0 Å². The zero-order valence-electron chi connectivity index (χ0n) is 10.1. The summed E-state index contributed by atoms with van der Waals surface area (Å²) < 4.78 is 53.4. The lowest BCUT2D eigenvalue weighted by Gasteiger charge is -2.15. The van der Waals surface area contributed by atoms with Gasteiger partial charge in [0.1, 0.15) is 0 Å². The Kier molecular flexibility index (Phi) is 5.29. The molecule has 0 fully saturated rings. The number of carbonyl (C=O) groups is 1. The predicted molar refractivity (Wildman–Crippen MR) is 60.4 cm³/mol. The molecule has 0 saturated heterocycles. The van der Waals surface area contributed by atoms with Crippen molar-refractivity contribution >= 4 is 5.97 Å². The lowest BCUT2D eigenvalue weighted by atomic mass is 10.1. The molecular formula is C12H13F4NO2. The summed E-state index contributed by atoms with van der Waals surface area (Å²) in [5, 5.41) is 2.24. The molecule has 7 heteroatoms. The van der Waals surface area contributed by atoms with Crippen molar-refractivity contribution < 1.29 is 27.1 Å². The zero-order chi connectivity index (χ0) is 14.5. The molecule has 0 saturated carbocycles. The molecule has 3 nitrogen and oxygen atoms in total. The number of halogens is 4. The van der Waals surface area contributed by atoms with Crippen LogP contribution in [0.3, 0.4) is 0 Å². The van der Waals surface area contributed by atoms with Crippen LogP contribution in [0.4, 0.5) is 17.6 Å². The summed E-state index contributed by atoms with van der Waals surface area (Å²) in [6.07, 6.45) is -3.69. The van der Waals surface area contributed by atoms with Crippen molar-refractivity contribution in [3.63, 3.8) is 0 Å². The van der Waals surface area contributed by atoms with Crippen molar-refractivity contribution in [3.05, 3.63) is 35.4 Å². The number of carbonyl (C=O) groups excluding carboxylic acids is 1. The summed E-state index contributed by atoms with van der Waals surface area (Å²) in [5.74, 6) is -4.56. The van der Waals surface area contributed by atoms with Gasteiger partial charge in [0.2, 0.25) is 0 Å². The lowest BCUT2D eigenvalue weighted by molar-refractivity contribution is -0.125. The Morgan fingerprint density at radius 2 is 1.89 bits per heavy atom. The maximum Gasteiger partial charge on any atom is 0.337 e. The van der Waals surface area contributed by atoms with Gasteiger partial charge in [0.25, 0.3) is 0 Å². The molecule has 19 heavy (non-hydrogen) atoms. The molecule has 106 valence electrons. The number of benzene rings is 1. The third kappa shape index (κ3) is 4.51. The van der Waals surface area contributed by atoms with Gasteiger partial charge in [-0.1, -0.05) is 12.1 Å². The molecule has 0 amide bonds. The molecule has 1 rings (SSSR count). The second-order valence-corrected chi connectivity index (χ2v) is 3.85. The highest BCUT2D eigenvalue weighted by molar-refractivity contribution is 5.89. The quantitative estimate of drug-likeness (QED) is 0.642. The van der Waals surface area contributed by atoms with E-state index in [0.717, 1.165) is 0 Å². The maximum absolute atomic E-state index is 12.6. The molecule has 0 bridgehead atoms. The molecule has 1 N–H and O–H groups in total. The SMILES string of the molecule is COC(=O)c1ccc(CNCC(F)(F)C(F)F)cc1. The number of ether oxygens (including phenoxy) is 1. The molecule has 1 aromatic carbocycles. The van der Waals surface area contributed by atoms with Crippen molar-refractivity contribution in [1.82, 2.24) is 5.32 Å². The fourth-order valence-corrected chi connectivity index (χ4v) is 1.33. The Morgan fingerprint density at radius 3 is 2.37 bits per heavy atom. The van der Waals surface area contributed by atoms with Gasteiger partial charge >= 0.3 is 18.3 Å². The van der Waals surface area contributed by atoms with Crippen molar-refractivity contribution in [2.24, 2.45) is 0 Å². The molecule has 0 atom stereocenters. The first-order valence-electron chi connectivity index (χ1n) is 5.41. The van der Waals surface area contributed by atoms with Crippen LogP contribution in [0.15, 0.2) is 24.3 Å². The fourth-order valence-electron chi connectivity index (χ4n) is 1.33. The van der Waals surface area contributed by atoms with Gasteiger partial charge in [0.05, 0.1) is 19.2 Å².